The molecular weight excluding hydrogens is 334 g/mol. The maximum absolute atomic E-state index is 5.66. The van der Waals surface area contributed by atoms with Gasteiger partial charge in [-0.05, 0) is 29.8 Å². The van der Waals surface area contributed by atoms with Crippen LogP contribution in [-0.4, -0.2) is 16.7 Å². The number of hydrogen-bond acceptors (Lipinski definition) is 3. The van der Waals surface area contributed by atoms with E-state index in [9.17, 15) is 0 Å². The van der Waals surface area contributed by atoms with Crippen LogP contribution in [0.4, 0.5) is 5.95 Å². The van der Waals surface area contributed by atoms with Crippen molar-refractivity contribution < 1.29 is 4.74 Å². The number of allylic oxidation sites excluding steroid dienone is 1. The lowest BCUT2D eigenvalue weighted by Crippen LogP contribution is -2.19. The lowest BCUT2D eigenvalue weighted by molar-refractivity contribution is 0.406. The highest BCUT2D eigenvalue weighted by Gasteiger charge is 2.26. The van der Waals surface area contributed by atoms with Crippen molar-refractivity contribution in [3.63, 3.8) is 0 Å². The Labute approximate surface area is 157 Å². The molecule has 1 aliphatic rings. The molecule has 2 heterocycles. The average Bonchev–Trinajstić information content (AvgIpc) is 3.12. The molecule has 5 rings (SSSR count). The van der Waals surface area contributed by atoms with Gasteiger partial charge in [-0.3, -0.25) is 4.57 Å². The summed E-state index contributed by atoms with van der Waals surface area (Å²) < 4.78 is 7.90. The smallest absolute Gasteiger partial charge is 0.209 e. The van der Waals surface area contributed by atoms with E-state index in [2.05, 4.69) is 46.3 Å². The third-order valence-electron chi connectivity index (χ3n) is 4.99. The van der Waals surface area contributed by atoms with E-state index in [-0.39, 0.29) is 6.04 Å². The predicted octanol–water partition coefficient (Wildman–Crippen LogP) is 5.10. The third kappa shape index (κ3) is 2.57. The topological polar surface area (TPSA) is 39.1 Å². The average molecular weight is 353 g/mol. The summed E-state index contributed by atoms with van der Waals surface area (Å²) in [4.78, 5) is 4.83. The molecule has 3 aromatic carbocycles. The maximum atomic E-state index is 5.66. The number of anilines is 1. The first-order valence-corrected chi connectivity index (χ1v) is 8.99. The first-order chi connectivity index (χ1) is 13.3. The summed E-state index contributed by atoms with van der Waals surface area (Å²) in [6.45, 7) is 0. The minimum absolute atomic E-state index is 0.0139. The molecule has 132 valence electrons. The Morgan fingerprint density at radius 2 is 1.63 bits per heavy atom. The van der Waals surface area contributed by atoms with Crippen LogP contribution in [0.2, 0.25) is 0 Å². The van der Waals surface area contributed by atoms with Crippen molar-refractivity contribution in [1.29, 1.82) is 0 Å². The monoisotopic (exact) mass is 353 g/mol. The van der Waals surface area contributed by atoms with Crippen molar-refractivity contribution in [1.82, 2.24) is 9.55 Å². The molecule has 0 bridgehead atoms. The van der Waals surface area contributed by atoms with Gasteiger partial charge in [0.05, 0.1) is 24.2 Å². The van der Waals surface area contributed by atoms with Gasteiger partial charge in [0.1, 0.15) is 5.75 Å². The van der Waals surface area contributed by atoms with Crippen LogP contribution in [0.3, 0.4) is 0 Å². The summed E-state index contributed by atoms with van der Waals surface area (Å²) >= 11 is 0. The fourth-order valence-electron chi connectivity index (χ4n) is 3.73. The lowest BCUT2D eigenvalue weighted by atomic mass is 10.00. The Morgan fingerprint density at radius 1 is 0.889 bits per heavy atom. The second-order valence-corrected chi connectivity index (χ2v) is 6.55. The van der Waals surface area contributed by atoms with E-state index in [0.29, 0.717) is 0 Å². The highest BCUT2D eigenvalue weighted by atomic mass is 16.5. The number of hydrogen-bond donors (Lipinski definition) is 1. The molecule has 0 spiro atoms. The summed E-state index contributed by atoms with van der Waals surface area (Å²) in [6, 6.07) is 26.7. The van der Waals surface area contributed by atoms with Crippen molar-refractivity contribution in [2.24, 2.45) is 0 Å². The quantitative estimate of drug-likeness (QED) is 0.557. The van der Waals surface area contributed by atoms with E-state index in [0.717, 1.165) is 39.6 Å². The van der Waals surface area contributed by atoms with E-state index in [1.54, 1.807) is 7.11 Å². The van der Waals surface area contributed by atoms with Gasteiger partial charge in [-0.25, -0.2) is 4.98 Å². The molecule has 0 fully saturated rings. The Morgan fingerprint density at radius 3 is 2.48 bits per heavy atom. The molecule has 0 amide bonds. The highest BCUT2D eigenvalue weighted by Crippen LogP contribution is 2.39. The SMILES string of the molecule is COc1ccccc1C1C=C(c2ccccc2)Nc2nc3ccccc3n21. The summed E-state index contributed by atoms with van der Waals surface area (Å²) in [7, 11) is 1.72. The largest absolute Gasteiger partial charge is 0.496 e. The normalized spacial score (nSPS) is 15.7. The molecule has 0 radical (unpaired) electrons. The van der Waals surface area contributed by atoms with Crippen LogP contribution in [0.25, 0.3) is 16.7 Å². The fourth-order valence-corrected chi connectivity index (χ4v) is 3.73. The second-order valence-electron chi connectivity index (χ2n) is 6.55. The summed E-state index contributed by atoms with van der Waals surface area (Å²) in [5, 5.41) is 3.51. The van der Waals surface area contributed by atoms with Gasteiger partial charge in [-0.15, -0.1) is 0 Å². The van der Waals surface area contributed by atoms with E-state index in [1.807, 2.05) is 48.5 Å². The number of aromatic nitrogens is 2. The Hall–Kier alpha value is -3.53. The summed E-state index contributed by atoms with van der Waals surface area (Å²) in [5.41, 5.74) is 5.37. The van der Waals surface area contributed by atoms with Gasteiger partial charge in [0, 0.05) is 11.3 Å². The van der Waals surface area contributed by atoms with Crippen LogP contribution in [0, 0.1) is 0 Å². The number of methoxy groups -OCH3 is 1. The van der Waals surface area contributed by atoms with Gasteiger partial charge in [0.25, 0.3) is 0 Å². The molecule has 27 heavy (non-hydrogen) atoms. The number of nitrogens with zero attached hydrogens (tertiary/aromatic N) is 2. The lowest BCUT2D eigenvalue weighted by Gasteiger charge is -2.27. The van der Waals surface area contributed by atoms with Crippen LogP contribution in [0.5, 0.6) is 5.75 Å². The van der Waals surface area contributed by atoms with Gasteiger partial charge in [0.2, 0.25) is 5.95 Å². The van der Waals surface area contributed by atoms with Crippen LogP contribution in [-0.2, 0) is 0 Å². The Balaban J connectivity index is 1.76. The van der Waals surface area contributed by atoms with Crippen molar-refractivity contribution in [3.8, 4) is 5.75 Å². The summed E-state index contributed by atoms with van der Waals surface area (Å²) in [5.74, 6) is 1.71. The van der Waals surface area contributed by atoms with Crippen LogP contribution in [0.15, 0.2) is 84.9 Å². The molecule has 0 saturated heterocycles. The molecule has 1 N–H and O–H groups in total. The molecular formula is C23H19N3O. The van der Waals surface area contributed by atoms with E-state index < -0.39 is 0 Å². The van der Waals surface area contributed by atoms with Gasteiger partial charge in [-0.2, -0.15) is 0 Å². The number of ether oxygens (including phenoxy) is 1. The number of rotatable bonds is 3. The fraction of sp³-hybridized carbons (Fsp3) is 0.0870. The predicted molar refractivity (Wildman–Crippen MR) is 109 cm³/mol. The van der Waals surface area contributed by atoms with Gasteiger partial charge >= 0.3 is 0 Å². The minimum Gasteiger partial charge on any atom is -0.496 e. The molecule has 4 nitrogen and oxygen atoms in total. The van der Waals surface area contributed by atoms with Gasteiger partial charge < -0.3 is 10.1 Å². The standard InChI is InChI=1S/C23H19N3O/c1-27-22-14-8-5-11-17(22)21-15-19(16-9-3-2-4-10-16)25-23-24-18-12-6-7-13-20(18)26(21)23/h2-15,21H,1H3,(H,24,25). The highest BCUT2D eigenvalue weighted by molar-refractivity contribution is 5.85. The Kier molecular flexibility index (Phi) is 3.68. The zero-order valence-electron chi connectivity index (χ0n) is 15.0. The number of benzene rings is 3. The molecule has 1 unspecified atom stereocenters. The number of para-hydroxylation sites is 3. The first-order valence-electron chi connectivity index (χ1n) is 8.99. The third-order valence-corrected chi connectivity index (χ3v) is 4.99. The van der Waals surface area contributed by atoms with E-state index in [4.69, 9.17) is 9.72 Å². The zero-order chi connectivity index (χ0) is 18.2. The molecule has 1 aliphatic heterocycles. The van der Waals surface area contributed by atoms with Gasteiger partial charge in [-0.1, -0.05) is 60.7 Å². The van der Waals surface area contributed by atoms with Crippen molar-refractivity contribution in [2.75, 3.05) is 12.4 Å². The maximum Gasteiger partial charge on any atom is 0.209 e. The molecule has 1 aromatic heterocycles. The number of imidazole rings is 1. The molecule has 0 saturated carbocycles. The molecule has 4 heteroatoms. The van der Waals surface area contributed by atoms with Gasteiger partial charge in [0.15, 0.2) is 0 Å². The minimum atomic E-state index is -0.0139. The molecule has 1 atom stereocenters. The summed E-state index contributed by atoms with van der Waals surface area (Å²) in [6.07, 6.45) is 2.24. The molecule has 4 aromatic rings. The number of nitrogens with one attached hydrogen (secondary N) is 1. The molecule has 0 aliphatic carbocycles. The second kappa shape index (κ2) is 6.32. The van der Waals surface area contributed by atoms with Crippen LogP contribution < -0.4 is 10.1 Å². The first kappa shape index (κ1) is 15.7. The number of fused-ring (bicyclic) bond motifs is 3. The van der Waals surface area contributed by atoms with Crippen molar-refractivity contribution in [2.45, 2.75) is 6.04 Å². The van der Waals surface area contributed by atoms with Crippen LogP contribution in [0.1, 0.15) is 17.2 Å². The van der Waals surface area contributed by atoms with E-state index >= 15 is 0 Å². The van der Waals surface area contributed by atoms with Crippen molar-refractivity contribution in [3.05, 3.63) is 96.1 Å². The zero-order valence-corrected chi connectivity index (χ0v) is 15.0. The van der Waals surface area contributed by atoms with Crippen molar-refractivity contribution >= 4 is 22.7 Å². The van der Waals surface area contributed by atoms with Crippen LogP contribution >= 0.6 is 0 Å². The van der Waals surface area contributed by atoms with E-state index in [1.165, 1.54) is 0 Å². The Bertz CT molecular complexity index is 1140.